The van der Waals surface area contributed by atoms with Crippen LogP contribution in [-0.2, 0) is 6.54 Å². The van der Waals surface area contributed by atoms with Gasteiger partial charge in [-0.2, -0.15) is 0 Å². The number of ether oxygens (including phenoxy) is 3. The first-order valence-electron chi connectivity index (χ1n) is 6.62. The molecule has 4 heteroatoms. The summed E-state index contributed by atoms with van der Waals surface area (Å²) in [5.41, 5.74) is 2.12. The maximum atomic E-state index is 5.57. The first-order valence-corrected chi connectivity index (χ1v) is 6.62. The summed E-state index contributed by atoms with van der Waals surface area (Å²) < 4.78 is 16.4. The lowest BCUT2D eigenvalue weighted by Gasteiger charge is -2.19. The molecule has 104 valence electrons. The van der Waals surface area contributed by atoms with E-state index in [9.17, 15) is 0 Å². The van der Waals surface area contributed by atoms with Gasteiger partial charge in [0.05, 0.1) is 7.11 Å². The largest absolute Gasteiger partial charge is 0.496 e. The molecule has 2 aromatic rings. The second-order valence-corrected chi connectivity index (χ2v) is 4.52. The number of rotatable bonds is 4. The molecule has 20 heavy (non-hydrogen) atoms. The molecule has 0 saturated carbocycles. The van der Waals surface area contributed by atoms with E-state index in [4.69, 9.17) is 14.2 Å². The molecule has 1 heterocycles. The molecule has 4 nitrogen and oxygen atoms in total. The van der Waals surface area contributed by atoms with Gasteiger partial charge < -0.3 is 19.5 Å². The molecule has 0 bridgehead atoms. The number of nitrogens with one attached hydrogen (secondary N) is 1. The van der Waals surface area contributed by atoms with Gasteiger partial charge in [-0.05, 0) is 18.2 Å². The highest BCUT2D eigenvalue weighted by Crippen LogP contribution is 2.32. The fraction of sp³-hybridized carbons (Fsp3) is 0.250. The van der Waals surface area contributed by atoms with Gasteiger partial charge in [-0.25, -0.2) is 0 Å². The first kappa shape index (κ1) is 12.7. The van der Waals surface area contributed by atoms with Crippen molar-refractivity contribution in [1.29, 1.82) is 0 Å². The maximum absolute atomic E-state index is 5.57. The van der Waals surface area contributed by atoms with Crippen molar-refractivity contribution in [2.45, 2.75) is 6.54 Å². The lowest BCUT2D eigenvalue weighted by molar-refractivity contribution is 0.171. The summed E-state index contributed by atoms with van der Waals surface area (Å²) in [6.07, 6.45) is 0. The van der Waals surface area contributed by atoms with Crippen LogP contribution in [0, 0.1) is 0 Å². The molecule has 1 N–H and O–H groups in total. The van der Waals surface area contributed by atoms with Crippen molar-refractivity contribution in [3.63, 3.8) is 0 Å². The Kier molecular flexibility index (Phi) is 3.63. The lowest BCUT2D eigenvalue weighted by Crippen LogP contribution is -2.15. The molecule has 0 amide bonds. The van der Waals surface area contributed by atoms with Crippen LogP contribution in [0.5, 0.6) is 17.2 Å². The summed E-state index contributed by atoms with van der Waals surface area (Å²) in [4.78, 5) is 0. The number of para-hydroxylation sites is 1. The SMILES string of the molecule is COc1ccccc1CNc1ccc2c(c1)OCCO2. The quantitative estimate of drug-likeness (QED) is 0.927. The molecule has 0 aliphatic carbocycles. The van der Waals surface area contributed by atoms with Gasteiger partial charge in [-0.3, -0.25) is 0 Å². The van der Waals surface area contributed by atoms with Crippen molar-refractivity contribution in [3.05, 3.63) is 48.0 Å². The zero-order valence-electron chi connectivity index (χ0n) is 11.4. The molecular formula is C16H17NO3. The van der Waals surface area contributed by atoms with Crippen LogP contribution < -0.4 is 19.5 Å². The molecule has 0 unspecified atom stereocenters. The maximum Gasteiger partial charge on any atom is 0.163 e. The minimum absolute atomic E-state index is 0.600. The molecule has 1 aliphatic heterocycles. The van der Waals surface area contributed by atoms with Crippen LogP contribution in [0.4, 0.5) is 5.69 Å². The van der Waals surface area contributed by atoms with E-state index in [1.807, 2.05) is 42.5 Å². The van der Waals surface area contributed by atoms with Gasteiger partial charge in [0.25, 0.3) is 0 Å². The smallest absolute Gasteiger partial charge is 0.163 e. The van der Waals surface area contributed by atoms with Gasteiger partial charge in [-0.15, -0.1) is 0 Å². The van der Waals surface area contributed by atoms with E-state index in [2.05, 4.69) is 5.32 Å². The van der Waals surface area contributed by atoms with E-state index < -0.39 is 0 Å². The molecule has 3 rings (SSSR count). The summed E-state index contributed by atoms with van der Waals surface area (Å²) in [5.74, 6) is 2.48. The van der Waals surface area contributed by atoms with Crippen molar-refractivity contribution in [3.8, 4) is 17.2 Å². The third kappa shape index (κ3) is 2.64. The van der Waals surface area contributed by atoms with E-state index >= 15 is 0 Å². The van der Waals surface area contributed by atoms with Gasteiger partial charge >= 0.3 is 0 Å². The Balaban J connectivity index is 1.72. The Bertz CT molecular complexity index is 598. The average Bonchev–Trinajstić information content (AvgIpc) is 2.53. The number of anilines is 1. The van der Waals surface area contributed by atoms with Crippen molar-refractivity contribution in [2.24, 2.45) is 0 Å². The minimum atomic E-state index is 0.600. The van der Waals surface area contributed by atoms with E-state index in [-0.39, 0.29) is 0 Å². The summed E-state index contributed by atoms with van der Waals surface area (Å²) >= 11 is 0. The molecule has 0 atom stereocenters. The van der Waals surface area contributed by atoms with Gasteiger partial charge in [0.2, 0.25) is 0 Å². The normalized spacial score (nSPS) is 12.8. The van der Waals surface area contributed by atoms with Crippen LogP contribution >= 0.6 is 0 Å². The minimum Gasteiger partial charge on any atom is -0.496 e. The number of methoxy groups -OCH3 is 1. The third-order valence-electron chi connectivity index (χ3n) is 3.22. The van der Waals surface area contributed by atoms with Crippen molar-refractivity contribution in [1.82, 2.24) is 0 Å². The van der Waals surface area contributed by atoms with E-state index in [1.165, 1.54) is 0 Å². The van der Waals surface area contributed by atoms with Crippen LogP contribution in [0.25, 0.3) is 0 Å². The Labute approximate surface area is 118 Å². The number of hydrogen-bond donors (Lipinski definition) is 1. The van der Waals surface area contributed by atoms with E-state index in [0.29, 0.717) is 19.8 Å². The predicted octanol–water partition coefficient (Wildman–Crippen LogP) is 3.08. The van der Waals surface area contributed by atoms with Gasteiger partial charge in [0.15, 0.2) is 11.5 Å². The summed E-state index contributed by atoms with van der Waals surface area (Å²) in [7, 11) is 1.68. The molecule has 0 aromatic heterocycles. The highest BCUT2D eigenvalue weighted by atomic mass is 16.6. The van der Waals surface area contributed by atoms with Crippen LogP contribution in [-0.4, -0.2) is 20.3 Å². The standard InChI is InChI=1S/C16H17NO3/c1-18-14-5-3-2-4-12(14)11-17-13-6-7-15-16(10-13)20-9-8-19-15/h2-7,10,17H,8-9,11H2,1H3. The van der Waals surface area contributed by atoms with Gasteiger partial charge in [0.1, 0.15) is 19.0 Å². The summed E-state index contributed by atoms with van der Waals surface area (Å²) in [6, 6.07) is 13.9. The predicted molar refractivity (Wildman–Crippen MR) is 77.8 cm³/mol. The Morgan fingerprint density at radius 3 is 2.70 bits per heavy atom. The highest BCUT2D eigenvalue weighted by molar-refractivity contribution is 5.55. The fourth-order valence-corrected chi connectivity index (χ4v) is 2.20. The molecule has 0 radical (unpaired) electrons. The van der Waals surface area contributed by atoms with Crippen molar-refractivity contribution >= 4 is 5.69 Å². The molecule has 0 spiro atoms. The first-order chi connectivity index (χ1) is 9.86. The molecule has 1 aliphatic rings. The van der Waals surface area contributed by atoms with Crippen molar-refractivity contribution < 1.29 is 14.2 Å². The van der Waals surface area contributed by atoms with Gasteiger partial charge in [0, 0.05) is 23.9 Å². The summed E-state index contributed by atoms with van der Waals surface area (Å²) in [5, 5.41) is 3.37. The molecular weight excluding hydrogens is 254 g/mol. The average molecular weight is 271 g/mol. The molecule has 0 saturated heterocycles. The number of fused-ring (bicyclic) bond motifs is 1. The van der Waals surface area contributed by atoms with Crippen LogP contribution in [0.2, 0.25) is 0 Å². The van der Waals surface area contributed by atoms with Crippen LogP contribution in [0.3, 0.4) is 0 Å². The Morgan fingerprint density at radius 2 is 1.85 bits per heavy atom. The topological polar surface area (TPSA) is 39.7 Å². The molecule has 0 fully saturated rings. The van der Waals surface area contributed by atoms with E-state index in [1.54, 1.807) is 7.11 Å². The monoisotopic (exact) mass is 271 g/mol. The second kappa shape index (κ2) is 5.74. The Morgan fingerprint density at radius 1 is 1.05 bits per heavy atom. The van der Waals surface area contributed by atoms with Crippen LogP contribution in [0.1, 0.15) is 5.56 Å². The fourth-order valence-electron chi connectivity index (χ4n) is 2.20. The zero-order valence-corrected chi connectivity index (χ0v) is 11.4. The third-order valence-corrected chi connectivity index (χ3v) is 3.22. The lowest BCUT2D eigenvalue weighted by atomic mass is 10.2. The van der Waals surface area contributed by atoms with Crippen LogP contribution in [0.15, 0.2) is 42.5 Å². The highest BCUT2D eigenvalue weighted by Gasteiger charge is 2.11. The Hall–Kier alpha value is -2.36. The van der Waals surface area contributed by atoms with Crippen molar-refractivity contribution in [2.75, 3.05) is 25.6 Å². The number of hydrogen-bond acceptors (Lipinski definition) is 4. The number of benzene rings is 2. The second-order valence-electron chi connectivity index (χ2n) is 4.52. The van der Waals surface area contributed by atoms with Gasteiger partial charge in [-0.1, -0.05) is 18.2 Å². The summed E-state index contributed by atoms with van der Waals surface area (Å²) in [6.45, 7) is 1.91. The zero-order chi connectivity index (χ0) is 13.8. The van der Waals surface area contributed by atoms with E-state index in [0.717, 1.165) is 28.5 Å². The molecule has 2 aromatic carbocycles.